The number of Topliss-reactive ketones (excluding diaryl/α,β-unsaturated/α-hetero) is 1. The van der Waals surface area contributed by atoms with Gasteiger partial charge in [0, 0.05) is 17.0 Å². The zero-order chi connectivity index (χ0) is 11.7. The average molecular weight is 238 g/mol. The van der Waals surface area contributed by atoms with Crippen molar-refractivity contribution in [1.29, 1.82) is 0 Å². The second-order valence-corrected chi connectivity index (χ2v) is 3.61. The predicted molar refractivity (Wildman–Crippen MR) is 61.3 cm³/mol. The summed E-state index contributed by atoms with van der Waals surface area (Å²) < 4.78 is 0. The van der Waals surface area contributed by atoms with E-state index >= 15 is 0 Å². The van der Waals surface area contributed by atoms with Gasteiger partial charge in [-0.1, -0.05) is 0 Å². The first-order valence-corrected chi connectivity index (χ1v) is 5.10. The summed E-state index contributed by atoms with van der Waals surface area (Å²) in [6, 6.07) is 5.74. The maximum absolute atomic E-state index is 11.4. The molecule has 2 N–H and O–H groups in total. The normalized spacial score (nSPS) is 10.6. The number of pyridine rings is 1. The van der Waals surface area contributed by atoms with Gasteiger partial charge in [0.05, 0.1) is 11.4 Å². The van der Waals surface area contributed by atoms with Crippen LogP contribution in [-0.4, -0.2) is 21.8 Å². The number of ketones is 1. The number of hydrogen-bond acceptors (Lipinski definition) is 3. The summed E-state index contributed by atoms with van der Waals surface area (Å²) in [5, 5.41) is 10.2. The van der Waals surface area contributed by atoms with Crippen LogP contribution in [0.5, 0.6) is 5.75 Å². The molecule has 1 aromatic heterocycles. The van der Waals surface area contributed by atoms with Crippen molar-refractivity contribution < 1.29 is 9.90 Å². The number of halogens is 1. The van der Waals surface area contributed by atoms with Gasteiger partial charge in [-0.25, -0.2) is 0 Å². The summed E-state index contributed by atoms with van der Waals surface area (Å²) in [7, 11) is 0. The molecule has 82 valence electrons. The highest BCUT2D eigenvalue weighted by molar-refractivity contribution is 6.30. The Hall–Kier alpha value is -1.81. The lowest BCUT2D eigenvalue weighted by Gasteiger charge is -2.03. The Balaban J connectivity index is 2.73. The van der Waals surface area contributed by atoms with Crippen LogP contribution in [0, 0.1) is 0 Å². The molecular formula is C11H8ClNO3. The molecule has 2 aromatic rings. The average Bonchev–Trinajstić information content (AvgIpc) is 2.28. The van der Waals surface area contributed by atoms with Gasteiger partial charge in [0.25, 0.3) is 0 Å². The Labute approximate surface area is 95.5 Å². The monoisotopic (exact) mass is 237 g/mol. The smallest absolute Gasteiger partial charge is 0.248 e. The van der Waals surface area contributed by atoms with Crippen molar-refractivity contribution in [2.24, 2.45) is 0 Å². The summed E-state index contributed by atoms with van der Waals surface area (Å²) in [6.45, 7) is 0. The molecule has 1 aromatic carbocycles. The van der Waals surface area contributed by atoms with Crippen LogP contribution in [0.15, 0.2) is 29.1 Å². The first-order chi connectivity index (χ1) is 7.61. The summed E-state index contributed by atoms with van der Waals surface area (Å²) in [4.78, 5) is 24.9. The van der Waals surface area contributed by atoms with Crippen LogP contribution in [-0.2, 0) is 0 Å². The predicted octanol–water partition coefficient (Wildman–Crippen LogP) is 1.66. The first kappa shape index (κ1) is 10.7. The highest BCUT2D eigenvalue weighted by Gasteiger charge is 2.09. The van der Waals surface area contributed by atoms with Gasteiger partial charge in [-0.05, 0) is 18.2 Å². The number of nitrogens with one attached hydrogen (secondary N) is 1. The quantitative estimate of drug-likeness (QED) is 0.616. The van der Waals surface area contributed by atoms with Crippen LogP contribution in [0.4, 0.5) is 0 Å². The van der Waals surface area contributed by atoms with E-state index in [1.807, 2.05) is 0 Å². The molecule has 2 rings (SSSR count). The Morgan fingerprint density at radius 3 is 2.81 bits per heavy atom. The van der Waals surface area contributed by atoms with Crippen LogP contribution in [0.25, 0.3) is 10.9 Å². The van der Waals surface area contributed by atoms with Gasteiger partial charge in [-0.2, -0.15) is 0 Å². The summed E-state index contributed by atoms with van der Waals surface area (Å²) >= 11 is 5.43. The van der Waals surface area contributed by atoms with E-state index in [0.29, 0.717) is 16.5 Å². The van der Waals surface area contributed by atoms with Crippen molar-refractivity contribution in [2.75, 3.05) is 5.88 Å². The van der Waals surface area contributed by atoms with Crippen molar-refractivity contribution in [3.63, 3.8) is 0 Å². The number of aromatic amines is 1. The molecule has 0 aliphatic carbocycles. The van der Waals surface area contributed by atoms with Crippen LogP contribution in [0.1, 0.15) is 10.4 Å². The number of fused-ring (bicyclic) bond motifs is 1. The Kier molecular flexibility index (Phi) is 2.66. The molecule has 0 amide bonds. The molecule has 0 atom stereocenters. The molecule has 0 radical (unpaired) electrons. The standard InChI is InChI=1S/C11H8ClNO3/c12-5-9(15)7-3-6-1-2-10(16)13-11(6)8(14)4-7/h1-4,14H,5H2,(H,13,16). The number of aromatic hydroxyl groups is 1. The summed E-state index contributed by atoms with van der Waals surface area (Å²) in [5.74, 6) is -0.553. The Morgan fingerprint density at radius 1 is 1.38 bits per heavy atom. The lowest BCUT2D eigenvalue weighted by Crippen LogP contribution is -2.04. The first-order valence-electron chi connectivity index (χ1n) is 4.57. The molecule has 0 aliphatic heterocycles. The number of aromatic nitrogens is 1. The third-order valence-corrected chi connectivity index (χ3v) is 2.50. The third kappa shape index (κ3) is 1.79. The Bertz CT molecular complexity index is 618. The maximum Gasteiger partial charge on any atom is 0.248 e. The number of H-pyrrole nitrogens is 1. The lowest BCUT2D eigenvalue weighted by atomic mass is 10.1. The van der Waals surface area contributed by atoms with Crippen molar-refractivity contribution in [3.05, 3.63) is 40.2 Å². The summed E-state index contributed by atoms with van der Waals surface area (Å²) in [6.07, 6.45) is 0. The largest absolute Gasteiger partial charge is 0.506 e. The van der Waals surface area contributed by atoms with E-state index in [4.69, 9.17) is 11.6 Å². The molecule has 0 bridgehead atoms. The van der Waals surface area contributed by atoms with Gasteiger partial charge in [0.1, 0.15) is 5.75 Å². The van der Waals surface area contributed by atoms with Crippen molar-refractivity contribution in [1.82, 2.24) is 4.98 Å². The van der Waals surface area contributed by atoms with Crippen LogP contribution in [0.3, 0.4) is 0 Å². The summed E-state index contributed by atoms with van der Waals surface area (Å²) in [5.41, 5.74) is 0.338. The number of rotatable bonds is 2. The number of carbonyl (C=O) groups is 1. The molecule has 0 unspecified atom stereocenters. The fourth-order valence-corrected chi connectivity index (χ4v) is 1.64. The maximum atomic E-state index is 11.4. The van der Waals surface area contributed by atoms with Crippen LogP contribution in [0.2, 0.25) is 0 Å². The zero-order valence-corrected chi connectivity index (χ0v) is 8.91. The molecule has 0 aliphatic rings. The van der Waals surface area contributed by atoms with E-state index in [0.717, 1.165) is 0 Å². The molecule has 5 heteroatoms. The van der Waals surface area contributed by atoms with Gasteiger partial charge in [0.15, 0.2) is 5.78 Å². The molecule has 0 saturated carbocycles. The van der Waals surface area contributed by atoms with E-state index in [1.165, 1.54) is 12.1 Å². The minimum Gasteiger partial charge on any atom is -0.506 e. The van der Waals surface area contributed by atoms with E-state index in [1.54, 1.807) is 12.1 Å². The lowest BCUT2D eigenvalue weighted by molar-refractivity contribution is 0.102. The second-order valence-electron chi connectivity index (χ2n) is 3.34. The van der Waals surface area contributed by atoms with Crippen molar-refractivity contribution in [2.45, 2.75) is 0 Å². The second kappa shape index (κ2) is 3.98. The van der Waals surface area contributed by atoms with Gasteiger partial charge < -0.3 is 10.1 Å². The van der Waals surface area contributed by atoms with Gasteiger partial charge in [-0.15, -0.1) is 11.6 Å². The van der Waals surface area contributed by atoms with Gasteiger partial charge in [0.2, 0.25) is 5.56 Å². The topological polar surface area (TPSA) is 70.2 Å². The number of hydrogen-bond donors (Lipinski definition) is 2. The molecule has 1 heterocycles. The molecule has 4 nitrogen and oxygen atoms in total. The fraction of sp³-hybridized carbons (Fsp3) is 0.0909. The van der Waals surface area contributed by atoms with Crippen molar-refractivity contribution in [3.8, 4) is 5.75 Å². The van der Waals surface area contributed by atoms with E-state index in [2.05, 4.69) is 4.98 Å². The molecular weight excluding hydrogens is 230 g/mol. The fourth-order valence-electron chi connectivity index (χ4n) is 1.48. The number of phenolic OH excluding ortho intramolecular Hbond substituents is 1. The third-order valence-electron chi connectivity index (χ3n) is 2.25. The highest BCUT2D eigenvalue weighted by atomic mass is 35.5. The van der Waals surface area contributed by atoms with Crippen LogP contribution < -0.4 is 5.56 Å². The molecule has 0 fully saturated rings. The minimum absolute atomic E-state index is 0.135. The van der Waals surface area contributed by atoms with Crippen LogP contribution >= 0.6 is 11.6 Å². The zero-order valence-electron chi connectivity index (χ0n) is 8.16. The van der Waals surface area contributed by atoms with E-state index < -0.39 is 0 Å². The highest BCUT2D eigenvalue weighted by Crippen LogP contribution is 2.23. The number of carbonyl (C=O) groups excluding carboxylic acids is 1. The van der Waals surface area contributed by atoms with Gasteiger partial charge in [-0.3, -0.25) is 9.59 Å². The Morgan fingerprint density at radius 2 is 2.12 bits per heavy atom. The van der Waals surface area contributed by atoms with Crippen molar-refractivity contribution >= 4 is 28.3 Å². The number of alkyl halides is 1. The van der Waals surface area contributed by atoms with E-state index in [9.17, 15) is 14.7 Å². The molecule has 16 heavy (non-hydrogen) atoms. The van der Waals surface area contributed by atoms with Gasteiger partial charge >= 0.3 is 0 Å². The minimum atomic E-state index is -0.306. The number of benzene rings is 1. The number of phenols is 1. The van der Waals surface area contributed by atoms with E-state index in [-0.39, 0.29) is 23.0 Å². The molecule has 0 saturated heterocycles. The molecule has 0 spiro atoms. The SMILES string of the molecule is O=C(CCl)c1cc(O)c2[nH]c(=O)ccc2c1.